The van der Waals surface area contributed by atoms with Gasteiger partial charge in [-0.15, -0.1) is 0 Å². The number of carbonyl (C=O) groups is 2. The summed E-state index contributed by atoms with van der Waals surface area (Å²) in [5, 5.41) is 11.3. The Labute approximate surface area is 238 Å². The quantitative estimate of drug-likeness (QED) is 0.120. The lowest BCUT2D eigenvalue weighted by Gasteiger charge is -2.11. The fraction of sp³-hybridized carbons (Fsp3) is 0.115. The molecule has 0 unspecified atom stereocenters. The molecule has 0 atom stereocenters. The van der Waals surface area contributed by atoms with E-state index < -0.39 is 10.9 Å². The minimum absolute atomic E-state index is 0.0168. The molecular formula is C26H19Br2N3O6S. The number of benzene rings is 3. The van der Waals surface area contributed by atoms with Gasteiger partial charge in [-0.05, 0) is 109 Å². The number of hydrogen-bond donors (Lipinski definition) is 0. The van der Waals surface area contributed by atoms with Gasteiger partial charge in [-0.3, -0.25) is 19.8 Å². The van der Waals surface area contributed by atoms with Gasteiger partial charge in [-0.1, -0.05) is 0 Å². The molecule has 0 saturated carbocycles. The van der Waals surface area contributed by atoms with E-state index in [0.29, 0.717) is 36.0 Å². The van der Waals surface area contributed by atoms with Crippen molar-refractivity contribution in [2.45, 2.75) is 6.61 Å². The normalized spacial score (nSPS) is 15.3. The number of halogens is 2. The van der Waals surface area contributed by atoms with Crippen LogP contribution in [0.25, 0.3) is 6.08 Å². The second-order valence-electron chi connectivity index (χ2n) is 7.93. The Kier molecular flexibility index (Phi) is 8.65. The fourth-order valence-corrected chi connectivity index (χ4v) is 5.81. The number of amidine groups is 1. The van der Waals surface area contributed by atoms with Crippen molar-refractivity contribution >= 4 is 78.1 Å². The Morgan fingerprint density at radius 3 is 2.32 bits per heavy atom. The lowest BCUT2D eigenvalue weighted by molar-refractivity contribution is -0.384. The van der Waals surface area contributed by atoms with Crippen LogP contribution in [-0.2, 0) is 16.1 Å². The summed E-state index contributed by atoms with van der Waals surface area (Å²) in [6.07, 6.45) is 1.77. The molecule has 1 saturated heterocycles. The van der Waals surface area contributed by atoms with E-state index in [2.05, 4.69) is 36.9 Å². The Bertz CT molecular complexity index is 1450. The summed E-state index contributed by atoms with van der Waals surface area (Å²) in [5.41, 5.74) is 2.57. The van der Waals surface area contributed by atoms with Crippen LogP contribution < -0.4 is 4.74 Å². The third-order valence-corrected chi connectivity index (χ3v) is 7.60. The minimum atomic E-state index is -0.450. The van der Waals surface area contributed by atoms with Gasteiger partial charge in [0, 0.05) is 19.2 Å². The average molecular weight is 661 g/mol. The van der Waals surface area contributed by atoms with E-state index in [1.54, 1.807) is 49.5 Å². The number of carbonyl (C=O) groups excluding carboxylic acids is 2. The predicted molar refractivity (Wildman–Crippen MR) is 152 cm³/mol. The zero-order valence-corrected chi connectivity index (χ0v) is 24.0. The molecule has 3 aromatic rings. The minimum Gasteiger partial charge on any atom is -0.487 e. The lowest BCUT2D eigenvalue weighted by Crippen LogP contribution is -2.23. The molecule has 3 aromatic carbocycles. The molecule has 12 heteroatoms. The molecule has 1 aliphatic rings. The zero-order chi connectivity index (χ0) is 27.4. The fourth-order valence-electron chi connectivity index (χ4n) is 3.37. The van der Waals surface area contributed by atoms with Gasteiger partial charge in [-0.2, -0.15) is 0 Å². The van der Waals surface area contributed by atoms with Crippen LogP contribution in [0.1, 0.15) is 21.5 Å². The first-order chi connectivity index (χ1) is 18.2. The molecule has 4 rings (SSSR count). The van der Waals surface area contributed by atoms with Crippen LogP contribution in [0, 0.1) is 10.1 Å². The number of likely N-dealkylation sites (N-methyl/N-ethyl adjacent to an activating group) is 1. The number of esters is 1. The summed E-state index contributed by atoms with van der Waals surface area (Å²) in [4.78, 5) is 41.4. The number of methoxy groups -OCH3 is 1. The number of nitrogens with zero attached hydrogens (tertiary/aromatic N) is 3. The molecule has 1 amide bonds. The summed E-state index contributed by atoms with van der Waals surface area (Å²) in [6.45, 7) is 0.217. The summed E-state index contributed by atoms with van der Waals surface area (Å²) in [5.74, 6) is -0.0617. The van der Waals surface area contributed by atoms with Crippen molar-refractivity contribution < 1.29 is 24.0 Å². The van der Waals surface area contributed by atoms with Gasteiger partial charge in [0.15, 0.2) is 5.17 Å². The molecule has 1 fully saturated rings. The maximum absolute atomic E-state index is 12.9. The molecule has 0 spiro atoms. The van der Waals surface area contributed by atoms with Gasteiger partial charge in [0.2, 0.25) is 0 Å². The van der Waals surface area contributed by atoms with Crippen LogP contribution in [0.3, 0.4) is 0 Å². The Morgan fingerprint density at radius 2 is 1.74 bits per heavy atom. The standard InChI is InChI=1S/C26H19Br2N3O6S/c1-30-24(32)22(38-26(30)29-18-7-5-17(6-8-18)25(33)36-2)13-16-11-20(27)23(21(28)12-16)37-14-15-3-9-19(10-4-15)31(34)35/h3-13H,14H2,1-2H3/b22-13-,29-26?. The van der Waals surface area contributed by atoms with Crippen LogP contribution in [0.2, 0.25) is 0 Å². The van der Waals surface area contributed by atoms with E-state index >= 15 is 0 Å². The topological polar surface area (TPSA) is 111 Å². The SMILES string of the molecule is COC(=O)c1ccc(N=C2S/C(=C\c3cc(Br)c(OCc4ccc([N+](=O)[O-])cc4)c(Br)c3)C(=O)N2C)cc1. The molecule has 9 nitrogen and oxygen atoms in total. The molecule has 38 heavy (non-hydrogen) atoms. The molecule has 194 valence electrons. The van der Waals surface area contributed by atoms with Crippen LogP contribution in [0.5, 0.6) is 5.75 Å². The zero-order valence-electron chi connectivity index (χ0n) is 20.0. The number of ether oxygens (including phenoxy) is 2. The first-order valence-electron chi connectivity index (χ1n) is 11.0. The van der Waals surface area contributed by atoms with Crippen LogP contribution >= 0.6 is 43.6 Å². The van der Waals surface area contributed by atoms with Gasteiger partial charge >= 0.3 is 5.97 Å². The van der Waals surface area contributed by atoms with E-state index in [0.717, 1.165) is 11.1 Å². The van der Waals surface area contributed by atoms with Crippen LogP contribution in [0.15, 0.2) is 79.5 Å². The van der Waals surface area contributed by atoms with Gasteiger partial charge in [0.25, 0.3) is 11.6 Å². The van der Waals surface area contributed by atoms with Crippen molar-refractivity contribution in [3.05, 3.63) is 101 Å². The third-order valence-electron chi connectivity index (χ3n) is 5.37. The summed E-state index contributed by atoms with van der Waals surface area (Å²) < 4.78 is 12.0. The van der Waals surface area contributed by atoms with E-state index in [1.165, 1.54) is 35.9 Å². The first kappa shape index (κ1) is 27.6. The highest BCUT2D eigenvalue weighted by atomic mass is 79.9. The first-order valence-corrected chi connectivity index (χ1v) is 13.4. The highest BCUT2D eigenvalue weighted by Crippen LogP contribution is 2.38. The number of aliphatic imine (C=N–C) groups is 1. The van der Waals surface area contributed by atoms with Crippen molar-refractivity contribution in [2.75, 3.05) is 14.2 Å². The number of thioether (sulfide) groups is 1. The number of nitro benzene ring substituents is 1. The van der Waals surface area contributed by atoms with Crippen molar-refractivity contribution in [3.8, 4) is 5.75 Å². The molecule has 1 aliphatic heterocycles. The monoisotopic (exact) mass is 659 g/mol. The smallest absolute Gasteiger partial charge is 0.337 e. The predicted octanol–water partition coefficient (Wildman–Crippen LogP) is 6.72. The Morgan fingerprint density at radius 1 is 1.11 bits per heavy atom. The number of non-ortho nitro benzene ring substituents is 1. The number of hydrogen-bond acceptors (Lipinski definition) is 8. The molecule has 0 N–H and O–H groups in total. The molecule has 0 radical (unpaired) electrons. The van der Waals surface area contributed by atoms with Crippen molar-refractivity contribution in [1.82, 2.24) is 4.90 Å². The number of amides is 1. The molecule has 0 aliphatic carbocycles. The second-order valence-corrected chi connectivity index (χ2v) is 10.7. The van der Waals surface area contributed by atoms with Gasteiger partial charge in [-0.25, -0.2) is 9.79 Å². The average Bonchev–Trinajstić information content (AvgIpc) is 3.16. The van der Waals surface area contributed by atoms with Gasteiger partial charge in [0.1, 0.15) is 12.4 Å². The summed E-state index contributed by atoms with van der Waals surface area (Å²) in [7, 11) is 2.97. The second kappa shape index (κ2) is 11.9. The third kappa shape index (κ3) is 6.32. The van der Waals surface area contributed by atoms with Crippen LogP contribution in [-0.4, -0.2) is 41.0 Å². The van der Waals surface area contributed by atoms with E-state index in [4.69, 9.17) is 9.47 Å². The summed E-state index contributed by atoms with van der Waals surface area (Å²) in [6, 6.07) is 16.4. The largest absolute Gasteiger partial charge is 0.487 e. The van der Waals surface area contributed by atoms with Crippen molar-refractivity contribution in [2.24, 2.45) is 4.99 Å². The van der Waals surface area contributed by atoms with E-state index in [9.17, 15) is 19.7 Å². The van der Waals surface area contributed by atoms with Gasteiger partial charge < -0.3 is 9.47 Å². The van der Waals surface area contributed by atoms with E-state index in [1.807, 2.05) is 12.1 Å². The van der Waals surface area contributed by atoms with Crippen LogP contribution in [0.4, 0.5) is 11.4 Å². The highest BCUT2D eigenvalue weighted by Gasteiger charge is 2.30. The molecule has 1 heterocycles. The number of nitro groups is 1. The maximum atomic E-state index is 12.9. The molecule has 0 aromatic heterocycles. The van der Waals surface area contributed by atoms with Gasteiger partial charge in [0.05, 0.1) is 37.1 Å². The highest BCUT2D eigenvalue weighted by molar-refractivity contribution is 9.11. The molecular weight excluding hydrogens is 642 g/mol. The maximum Gasteiger partial charge on any atom is 0.337 e. The lowest BCUT2D eigenvalue weighted by atomic mass is 10.2. The Hall–Kier alpha value is -3.48. The Balaban J connectivity index is 1.49. The molecule has 0 bridgehead atoms. The van der Waals surface area contributed by atoms with Crippen molar-refractivity contribution in [3.63, 3.8) is 0 Å². The van der Waals surface area contributed by atoms with E-state index in [-0.39, 0.29) is 18.2 Å². The van der Waals surface area contributed by atoms with Crippen molar-refractivity contribution in [1.29, 1.82) is 0 Å². The summed E-state index contributed by atoms with van der Waals surface area (Å²) >= 11 is 8.29. The number of rotatable bonds is 7.